The van der Waals surface area contributed by atoms with Gasteiger partial charge < -0.3 is 14.6 Å². The number of halogens is 1. The van der Waals surface area contributed by atoms with E-state index >= 15 is 0 Å². The van der Waals surface area contributed by atoms with E-state index in [9.17, 15) is 9.18 Å². The molecular weight excluding hydrogens is 275 g/mol. The van der Waals surface area contributed by atoms with Gasteiger partial charge in [-0.05, 0) is 30.7 Å². The number of benzene rings is 2. The zero-order chi connectivity index (χ0) is 15.2. The predicted octanol–water partition coefficient (Wildman–Crippen LogP) is 3.29. The molecule has 0 saturated heterocycles. The summed E-state index contributed by atoms with van der Waals surface area (Å²) in [7, 11) is 0. The first-order valence-corrected chi connectivity index (χ1v) is 6.42. The van der Waals surface area contributed by atoms with E-state index in [1.54, 1.807) is 0 Å². The van der Waals surface area contributed by atoms with Crippen LogP contribution in [-0.4, -0.2) is 24.3 Å². The Kier molecular flexibility index (Phi) is 4.77. The highest BCUT2D eigenvalue weighted by molar-refractivity contribution is 5.91. The van der Waals surface area contributed by atoms with Gasteiger partial charge in [-0.2, -0.15) is 0 Å². The average Bonchev–Trinajstić information content (AvgIpc) is 2.45. The number of hydrogen-bond acceptors (Lipinski definition) is 3. The number of carboxylic acid groups (broad SMARTS) is 1. The number of rotatable bonds is 6. The van der Waals surface area contributed by atoms with Crippen LogP contribution < -0.4 is 9.47 Å². The molecule has 0 aromatic heterocycles. The number of aromatic carboxylic acids is 1. The maximum atomic E-state index is 13.4. The van der Waals surface area contributed by atoms with E-state index in [0.717, 1.165) is 17.4 Å². The third kappa shape index (κ3) is 3.72. The highest BCUT2D eigenvalue weighted by atomic mass is 19.1. The molecular formula is C16H15FO4. The van der Waals surface area contributed by atoms with Gasteiger partial charge in [-0.3, -0.25) is 0 Å². The standard InChI is InChI=1S/C16H15FO4/c1-11-5-2-3-7-13(11)20-9-10-21-14-8-4-6-12(17)15(14)16(18)19/h2-8H,9-10H2,1H3,(H,18,19). The Morgan fingerprint density at radius 1 is 1.05 bits per heavy atom. The normalized spacial score (nSPS) is 10.2. The molecule has 0 spiro atoms. The van der Waals surface area contributed by atoms with Crippen LogP contribution in [0.5, 0.6) is 11.5 Å². The monoisotopic (exact) mass is 290 g/mol. The van der Waals surface area contributed by atoms with Gasteiger partial charge >= 0.3 is 5.97 Å². The summed E-state index contributed by atoms with van der Waals surface area (Å²) in [6, 6.07) is 11.4. The lowest BCUT2D eigenvalue weighted by molar-refractivity contribution is 0.0685. The van der Waals surface area contributed by atoms with E-state index in [4.69, 9.17) is 14.6 Å². The van der Waals surface area contributed by atoms with Crippen molar-refractivity contribution in [3.8, 4) is 11.5 Å². The van der Waals surface area contributed by atoms with Crippen molar-refractivity contribution in [2.75, 3.05) is 13.2 Å². The SMILES string of the molecule is Cc1ccccc1OCCOc1cccc(F)c1C(=O)O. The summed E-state index contributed by atoms with van der Waals surface area (Å²) >= 11 is 0. The van der Waals surface area contributed by atoms with Crippen LogP contribution in [0.4, 0.5) is 4.39 Å². The van der Waals surface area contributed by atoms with Crippen molar-refractivity contribution in [2.45, 2.75) is 6.92 Å². The summed E-state index contributed by atoms with van der Waals surface area (Å²) < 4.78 is 24.3. The minimum Gasteiger partial charge on any atom is -0.490 e. The van der Waals surface area contributed by atoms with Crippen LogP contribution in [0.3, 0.4) is 0 Å². The number of aryl methyl sites for hydroxylation is 1. The molecule has 0 atom stereocenters. The van der Waals surface area contributed by atoms with Crippen LogP contribution in [0.25, 0.3) is 0 Å². The topological polar surface area (TPSA) is 55.8 Å². The Balaban J connectivity index is 1.94. The minimum atomic E-state index is -1.36. The molecule has 0 aliphatic carbocycles. The first-order chi connectivity index (χ1) is 10.1. The van der Waals surface area contributed by atoms with E-state index in [1.165, 1.54) is 12.1 Å². The van der Waals surface area contributed by atoms with Crippen LogP contribution in [0.2, 0.25) is 0 Å². The molecule has 0 aliphatic heterocycles. The van der Waals surface area contributed by atoms with Crippen molar-refractivity contribution in [3.05, 3.63) is 59.4 Å². The minimum absolute atomic E-state index is 0.00381. The van der Waals surface area contributed by atoms with Crippen LogP contribution >= 0.6 is 0 Å². The second-order valence-electron chi connectivity index (χ2n) is 4.38. The lowest BCUT2D eigenvalue weighted by atomic mass is 10.2. The maximum Gasteiger partial charge on any atom is 0.342 e. The van der Waals surface area contributed by atoms with Gasteiger partial charge in [0.05, 0.1) is 0 Å². The largest absolute Gasteiger partial charge is 0.490 e. The van der Waals surface area contributed by atoms with Crippen molar-refractivity contribution < 1.29 is 23.8 Å². The highest BCUT2D eigenvalue weighted by Crippen LogP contribution is 2.21. The fraction of sp³-hybridized carbons (Fsp3) is 0.188. The molecule has 0 fully saturated rings. The molecule has 2 aromatic carbocycles. The molecule has 0 amide bonds. The van der Waals surface area contributed by atoms with Gasteiger partial charge in [0.25, 0.3) is 0 Å². The third-order valence-corrected chi connectivity index (χ3v) is 2.88. The van der Waals surface area contributed by atoms with Gasteiger partial charge in [-0.1, -0.05) is 24.3 Å². The molecule has 110 valence electrons. The van der Waals surface area contributed by atoms with Gasteiger partial charge in [0.2, 0.25) is 0 Å². The van der Waals surface area contributed by atoms with Crippen molar-refractivity contribution in [2.24, 2.45) is 0 Å². The van der Waals surface area contributed by atoms with E-state index in [2.05, 4.69) is 0 Å². The van der Waals surface area contributed by atoms with Crippen molar-refractivity contribution in [1.82, 2.24) is 0 Å². The predicted molar refractivity (Wildman–Crippen MR) is 75.5 cm³/mol. The van der Waals surface area contributed by atoms with Gasteiger partial charge in [0.15, 0.2) is 0 Å². The molecule has 2 rings (SSSR count). The lowest BCUT2D eigenvalue weighted by Gasteiger charge is -2.11. The van der Waals surface area contributed by atoms with Crippen LogP contribution in [0.1, 0.15) is 15.9 Å². The summed E-state index contributed by atoms with van der Waals surface area (Å²) in [6.45, 7) is 2.28. The number of carboxylic acids is 1. The summed E-state index contributed by atoms with van der Waals surface area (Å²) in [5, 5.41) is 8.97. The second-order valence-corrected chi connectivity index (χ2v) is 4.38. The van der Waals surface area contributed by atoms with Crippen LogP contribution in [-0.2, 0) is 0 Å². The number of carbonyl (C=O) groups is 1. The van der Waals surface area contributed by atoms with E-state index in [1.807, 2.05) is 31.2 Å². The maximum absolute atomic E-state index is 13.4. The second kappa shape index (κ2) is 6.74. The van der Waals surface area contributed by atoms with Crippen LogP contribution in [0, 0.1) is 12.7 Å². The molecule has 2 aromatic rings. The molecule has 0 bridgehead atoms. The molecule has 21 heavy (non-hydrogen) atoms. The van der Waals surface area contributed by atoms with E-state index < -0.39 is 17.3 Å². The molecule has 1 N–H and O–H groups in total. The van der Waals surface area contributed by atoms with E-state index in [0.29, 0.717) is 0 Å². The molecule has 0 unspecified atom stereocenters. The fourth-order valence-electron chi connectivity index (χ4n) is 1.85. The Morgan fingerprint density at radius 3 is 2.33 bits per heavy atom. The molecule has 4 nitrogen and oxygen atoms in total. The third-order valence-electron chi connectivity index (χ3n) is 2.88. The van der Waals surface area contributed by atoms with Gasteiger partial charge in [0, 0.05) is 0 Å². The number of ether oxygens (including phenoxy) is 2. The summed E-state index contributed by atoms with van der Waals surface area (Å²) in [4.78, 5) is 11.0. The average molecular weight is 290 g/mol. The summed E-state index contributed by atoms with van der Waals surface area (Å²) in [5.74, 6) is -1.45. The summed E-state index contributed by atoms with van der Waals surface area (Å²) in [6.07, 6.45) is 0. The number of hydrogen-bond donors (Lipinski definition) is 1. The Bertz CT molecular complexity index is 640. The van der Waals surface area contributed by atoms with Crippen LogP contribution in [0.15, 0.2) is 42.5 Å². The lowest BCUT2D eigenvalue weighted by Crippen LogP contribution is -2.12. The first-order valence-electron chi connectivity index (χ1n) is 6.42. The van der Waals surface area contributed by atoms with Crippen molar-refractivity contribution in [3.63, 3.8) is 0 Å². The molecule has 0 radical (unpaired) electrons. The zero-order valence-electron chi connectivity index (χ0n) is 11.5. The Labute approximate surface area is 121 Å². The fourth-order valence-corrected chi connectivity index (χ4v) is 1.85. The van der Waals surface area contributed by atoms with E-state index in [-0.39, 0.29) is 19.0 Å². The quantitative estimate of drug-likeness (QED) is 0.829. The summed E-state index contributed by atoms with van der Waals surface area (Å²) in [5.41, 5.74) is 0.530. The molecule has 0 aliphatic rings. The molecule has 5 heteroatoms. The first kappa shape index (κ1) is 14.8. The smallest absolute Gasteiger partial charge is 0.342 e. The Morgan fingerprint density at radius 2 is 1.67 bits per heavy atom. The number of para-hydroxylation sites is 1. The van der Waals surface area contributed by atoms with Crippen molar-refractivity contribution in [1.29, 1.82) is 0 Å². The highest BCUT2D eigenvalue weighted by Gasteiger charge is 2.16. The van der Waals surface area contributed by atoms with Gasteiger partial charge in [0.1, 0.15) is 36.1 Å². The molecule has 0 saturated carbocycles. The zero-order valence-corrected chi connectivity index (χ0v) is 11.5. The van der Waals surface area contributed by atoms with Gasteiger partial charge in [-0.15, -0.1) is 0 Å². The van der Waals surface area contributed by atoms with Crippen molar-refractivity contribution >= 4 is 5.97 Å². The Hall–Kier alpha value is -2.56. The molecule has 0 heterocycles. The van der Waals surface area contributed by atoms with Gasteiger partial charge in [-0.25, -0.2) is 9.18 Å².